The van der Waals surface area contributed by atoms with Gasteiger partial charge in [-0.1, -0.05) is 55.9 Å². The smallest absolute Gasteiger partial charge is 0.430 e. The van der Waals surface area contributed by atoms with E-state index in [1.807, 2.05) is 0 Å². The Morgan fingerprint density at radius 3 is 2.09 bits per heavy atom. The lowest BCUT2D eigenvalue weighted by molar-refractivity contribution is -0.304. The predicted octanol–water partition coefficient (Wildman–Crippen LogP) is 8.62. The fourth-order valence-electron chi connectivity index (χ4n) is 4.30. The molecule has 1 unspecified atom stereocenters. The number of hydrogen-bond acceptors (Lipinski definition) is 1. The highest BCUT2D eigenvalue weighted by Gasteiger charge is 2.59. The van der Waals surface area contributed by atoms with Crippen LogP contribution < -0.4 is 4.74 Å². The zero-order valence-corrected chi connectivity index (χ0v) is 19.7. The molecular formula is C28H30F6O. The van der Waals surface area contributed by atoms with Gasteiger partial charge in [-0.3, -0.25) is 0 Å². The standard InChI is InChI=1S/C28H30F6O/c1-2-3-4-5-20-8-14-23(15-9-20)24-16-10-21(11-17-24)6-7-22-12-18-25(19-13-22)35-28(33,34)26(29)27(30,31)32/h8-9,12-15,18-19,21,24,26H,2-5,10-11,16-17H2,1H3. The molecule has 0 N–H and O–H groups in total. The minimum absolute atomic E-state index is 0.221. The van der Waals surface area contributed by atoms with Crippen molar-refractivity contribution >= 4 is 0 Å². The lowest BCUT2D eigenvalue weighted by Gasteiger charge is -2.26. The first-order chi connectivity index (χ1) is 16.6. The molecule has 1 aliphatic carbocycles. The van der Waals surface area contributed by atoms with Crippen molar-refractivity contribution in [3.63, 3.8) is 0 Å². The van der Waals surface area contributed by atoms with Crippen molar-refractivity contribution in [3.8, 4) is 17.6 Å². The van der Waals surface area contributed by atoms with Crippen LogP contribution in [0.3, 0.4) is 0 Å². The van der Waals surface area contributed by atoms with Gasteiger partial charge in [0.1, 0.15) is 5.75 Å². The summed E-state index contributed by atoms with van der Waals surface area (Å²) >= 11 is 0. The molecule has 1 saturated carbocycles. The van der Waals surface area contributed by atoms with Gasteiger partial charge in [0.25, 0.3) is 6.17 Å². The molecule has 0 bridgehead atoms. The third-order valence-electron chi connectivity index (χ3n) is 6.36. The van der Waals surface area contributed by atoms with E-state index in [0.717, 1.165) is 44.2 Å². The van der Waals surface area contributed by atoms with Gasteiger partial charge in [-0.15, -0.1) is 0 Å². The summed E-state index contributed by atoms with van der Waals surface area (Å²) in [6.07, 6.45) is -6.33. The zero-order valence-electron chi connectivity index (χ0n) is 19.7. The maximum atomic E-state index is 13.4. The Morgan fingerprint density at radius 1 is 0.886 bits per heavy atom. The number of benzene rings is 2. The average molecular weight is 497 g/mol. The molecule has 2 aromatic carbocycles. The molecule has 1 fully saturated rings. The predicted molar refractivity (Wildman–Crippen MR) is 124 cm³/mol. The Morgan fingerprint density at radius 2 is 1.51 bits per heavy atom. The van der Waals surface area contributed by atoms with Gasteiger partial charge in [-0.05, 0) is 79.8 Å². The summed E-state index contributed by atoms with van der Waals surface area (Å²) in [5, 5.41) is 0. The summed E-state index contributed by atoms with van der Waals surface area (Å²) in [6.45, 7) is 2.20. The minimum Gasteiger partial charge on any atom is -0.430 e. The number of aryl methyl sites for hydroxylation is 1. The van der Waals surface area contributed by atoms with E-state index in [2.05, 4.69) is 47.8 Å². The average Bonchev–Trinajstić information content (AvgIpc) is 2.83. The maximum absolute atomic E-state index is 13.4. The highest BCUT2D eigenvalue weighted by molar-refractivity contribution is 5.39. The van der Waals surface area contributed by atoms with Crippen LogP contribution in [0.4, 0.5) is 26.3 Å². The number of halogens is 6. The molecule has 1 aliphatic rings. The van der Waals surface area contributed by atoms with E-state index in [4.69, 9.17) is 0 Å². The van der Waals surface area contributed by atoms with Crippen LogP contribution in [0, 0.1) is 17.8 Å². The van der Waals surface area contributed by atoms with Crippen molar-refractivity contribution in [1.29, 1.82) is 0 Å². The van der Waals surface area contributed by atoms with Crippen LogP contribution in [-0.4, -0.2) is 18.5 Å². The molecule has 3 rings (SSSR count). The molecule has 0 heterocycles. The monoisotopic (exact) mass is 496 g/mol. The van der Waals surface area contributed by atoms with Crippen LogP contribution in [0.1, 0.15) is 74.5 Å². The van der Waals surface area contributed by atoms with Crippen LogP contribution in [0.2, 0.25) is 0 Å². The first-order valence-corrected chi connectivity index (χ1v) is 12.1. The lowest BCUT2D eigenvalue weighted by Crippen LogP contribution is -2.45. The molecule has 7 heteroatoms. The van der Waals surface area contributed by atoms with Crippen molar-refractivity contribution < 1.29 is 31.1 Å². The molecule has 2 aromatic rings. The van der Waals surface area contributed by atoms with Crippen LogP contribution in [0.15, 0.2) is 48.5 Å². The third-order valence-corrected chi connectivity index (χ3v) is 6.36. The van der Waals surface area contributed by atoms with Gasteiger partial charge >= 0.3 is 12.3 Å². The van der Waals surface area contributed by atoms with Gasteiger partial charge < -0.3 is 4.74 Å². The molecule has 0 radical (unpaired) electrons. The van der Waals surface area contributed by atoms with Gasteiger partial charge in [0, 0.05) is 11.5 Å². The van der Waals surface area contributed by atoms with E-state index >= 15 is 0 Å². The second-order valence-electron chi connectivity index (χ2n) is 9.11. The Kier molecular flexibility index (Phi) is 9.15. The fourth-order valence-corrected chi connectivity index (χ4v) is 4.30. The molecule has 35 heavy (non-hydrogen) atoms. The molecule has 0 aromatic heterocycles. The Labute approximate surface area is 202 Å². The number of hydrogen-bond donors (Lipinski definition) is 0. The summed E-state index contributed by atoms with van der Waals surface area (Å²) in [7, 11) is 0. The molecule has 1 atom stereocenters. The number of rotatable bonds is 8. The van der Waals surface area contributed by atoms with Gasteiger partial charge in [0.15, 0.2) is 0 Å². The summed E-state index contributed by atoms with van der Waals surface area (Å²) in [4.78, 5) is 0. The highest BCUT2D eigenvalue weighted by Crippen LogP contribution is 2.37. The largest absolute Gasteiger partial charge is 0.439 e. The normalized spacial score (nSPS) is 19.5. The van der Waals surface area contributed by atoms with E-state index in [0.29, 0.717) is 11.5 Å². The second-order valence-corrected chi connectivity index (χ2v) is 9.11. The lowest BCUT2D eigenvalue weighted by atomic mass is 9.78. The summed E-state index contributed by atoms with van der Waals surface area (Å²) in [6, 6.07) is 13.8. The van der Waals surface area contributed by atoms with Crippen LogP contribution >= 0.6 is 0 Å². The topological polar surface area (TPSA) is 9.23 Å². The van der Waals surface area contributed by atoms with Gasteiger partial charge in [-0.2, -0.15) is 22.0 Å². The molecule has 190 valence electrons. The van der Waals surface area contributed by atoms with Crippen LogP contribution in [0.5, 0.6) is 5.75 Å². The van der Waals surface area contributed by atoms with Crippen molar-refractivity contribution in [3.05, 3.63) is 65.2 Å². The van der Waals surface area contributed by atoms with Crippen LogP contribution in [-0.2, 0) is 6.42 Å². The summed E-state index contributed by atoms with van der Waals surface area (Å²) in [5.74, 6) is 6.37. The summed E-state index contributed by atoms with van der Waals surface area (Å²) < 4.78 is 80.4. The van der Waals surface area contributed by atoms with E-state index in [9.17, 15) is 26.3 Å². The van der Waals surface area contributed by atoms with Gasteiger partial charge in [0.05, 0.1) is 0 Å². The van der Waals surface area contributed by atoms with Crippen molar-refractivity contribution in [1.82, 2.24) is 0 Å². The van der Waals surface area contributed by atoms with Gasteiger partial charge in [-0.25, -0.2) is 4.39 Å². The Bertz CT molecular complexity index is 977. The maximum Gasteiger partial charge on any atom is 0.439 e. The first-order valence-electron chi connectivity index (χ1n) is 12.1. The molecule has 0 aliphatic heterocycles. The van der Waals surface area contributed by atoms with Gasteiger partial charge in [0.2, 0.25) is 0 Å². The Balaban J connectivity index is 1.49. The number of ether oxygens (including phenoxy) is 1. The molecule has 1 nitrogen and oxygen atoms in total. The van der Waals surface area contributed by atoms with E-state index < -0.39 is 24.2 Å². The zero-order chi connectivity index (χ0) is 25.5. The summed E-state index contributed by atoms with van der Waals surface area (Å²) in [5.41, 5.74) is 3.27. The van der Waals surface area contributed by atoms with E-state index in [1.54, 1.807) is 0 Å². The van der Waals surface area contributed by atoms with Crippen molar-refractivity contribution in [2.75, 3.05) is 0 Å². The highest BCUT2D eigenvalue weighted by atomic mass is 19.4. The third kappa shape index (κ3) is 7.95. The molecule has 0 saturated heterocycles. The molecule has 0 spiro atoms. The Hall–Kier alpha value is -2.62. The molecule has 0 amide bonds. The van der Waals surface area contributed by atoms with E-state index in [-0.39, 0.29) is 5.92 Å². The minimum atomic E-state index is -5.72. The SMILES string of the molecule is CCCCCc1ccc(C2CCC(C#Cc3ccc(OC(F)(F)C(F)C(F)(F)F)cc3)CC2)cc1. The first kappa shape index (κ1) is 27.0. The number of unbranched alkanes of at least 4 members (excludes halogenated alkanes) is 2. The fraction of sp³-hybridized carbons (Fsp3) is 0.500. The van der Waals surface area contributed by atoms with Crippen LogP contribution in [0.25, 0.3) is 0 Å². The number of alkyl halides is 6. The van der Waals surface area contributed by atoms with Crippen molar-refractivity contribution in [2.45, 2.75) is 82.7 Å². The molecular weight excluding hydrogens is 466 g/mol. The second kappa shape index (κ2) is 11.9. The quantitative estimate of drug-likeness (QED) is 0.202. The van der Waals surface area contributed by atoms with E-state index in [1.165, 1.54) is 42.5 Å². The van der Waals surface area contributed by atoms with Crippen molar-refractivity contribution in [2.24, 2.45) is 5.92 Å².